The van der Waals surface area contributed by atoms with E-state index in [0.717, 1.165) is 10.5 Å². The minimum Gasteiger partial charge on any atom is -0.493 e. The first-order valence-electron chi connectivity index (χ1n) is 10.8. The number of carbonyl (C=O) groups excluding carboxylic acids is 3. The highest BCUT2D eigenvalue weighted by Gasteiger charge is 2.36. The van der Waals surface area contributed by atoms with Crippen molar-refractivity contribution in [2.75, 3.05) is 7.11 Å². The molecule has 0 saturated carbocycles. The second-order valence-electron chi connectivity index (χ2n) is 7.94. The second-order valence-corrected chi connectivity index (χ2v) is 9.34. The van der Waals surface area contributed by atoms with Crippen LogP contribution in [0.2, 0.25) is 5.02 Å². The molecule has 3 aromatic carbocycles. The molecule has 0 radical (unpaired) electrons. The molecule has 0 atom stereocenters. The number of aryl methyl sites for hydroxylation is 1. The molecule has 37 heavy (non-hydrogen) atoms. The molecule has 0 unspecified atom stereocenters. The Labute approximate surface area is 220 Å². The Morgan fingerprint density at radius 3 is 2.51 bits per heavy atom. The van der Waals surface area contributed by atoms with Gasteiger partial charge in [0, 0.05) is 11.6 Å². The fourth-order valence-electron chi connectivity index (χ4n) is 3.54. The number of benzene rings is 3. The van der Waals surface area contributed by atoms with Gasteiger partial charge in [-0.05, 0) is 54.6 Å². The summed E-state index contributed by atoms with van der Waals surface area (Å²) in [5.41, 5.74) is 1.80. The largest absolute Gasteiger partial charge is 0.493 e. The molecule has 9 nitrogen and oxygen atoms in total. The number of methoxy groups -OCH3 is 1. The van der Waals surface area contributed by atoms with Gasteiger partial charge in [0.25, 0.3) is 16.8 Å². The van der Waals surface area contributed by atoms with Gasteiger partial charge in [-0.2, -0.15) is 0 Å². The van der Waals surface area contributed by atoms with Crippen molar-refractivity contribution in [1.29, 1.82) is 0 Å². The van der Waals surface area contributed by atoms with E-state index in [4.69, 9.17) is 21.1 Å². The van der Waals surface area contributed by atoms with Crippen LogP contribution in [0.1, 0.15) is 27.0 Å². The molecule has 4 rings (SSSR count). The third-order valence-electron chi connectivity index (χ3n) is 5.42. The summed E-state index contributed by atoms with van der Waals surface area (Å²) in [5, 5.41) is 10.8. The fourth-order valence-corrected chi connectivity index (χ4v) is 4.64. The van der Waals surface area contributed by atoms with E-state index in [-0.39, 0.29) is 39.2 Å². The van der Waals surface area contributed by atoms with Crippen molar-refractivity contribution < 1.29 is 28.8 Å². The van der Waals surface area contributed by atoms with Crippen LogP contribution in [0, 0.1) is 17.0 Å². The van der Waals surface area contributed by atoms with Crippen molar-refractivity contribution in [2.45, 2.75) is 13.5 Å². The third-order valence-corrected chi connectivity index (χ3v) is 6.61. The number of ether oxygens (including phenoxy) is 2. The molecular formula is C26H19ClN2O7S. The number of imide groups is 1. The van der Waals surface area contributed by atoms with Gasteiger partial charge in [-0.3, -0.25) is 24.6 Å². The molecule has 0 aliphatic carbocycles. The molecule has 2 amide bonds. The molecule has 1 aliphatic rings. The van der Waals surface area contributed by atoms with Crippen LogP contribution in [0.5, 0.6) is 11.5 Å². The van der Waals surface area contributed by atoms with Crippen molar-refractivity contribution in [2.24, 2.45) is 0 Å². The van der Waals surface area contributed by atoms with Crippen LogP contribution in [0.4, 0.5) is 10.5 Å². The van der Waals surface area contributed by atoms with Gasteiger partial charge in [-0.25, -0.2) is 4.79 Å². The SMILES string of the molecule is COc1cc(/C=C2\SC(=O)N(Cc3ccccc3[N+](=O)[O-])C2=O)cc(Cl)c1OC(=O)c1ccc(C)cc1. The van der Waals surface area contributed by atoms with Gasteiger partial charge in [0.15, 0.2) is 11.5 Å². The Hall–Kier alpha value is -4.15. The van der Waals surface area contributed by atoms with E-state index in [1.807, 2.05) is 6.92 Å². The van der Waals surface area contributed by atoms with Crippen molar-refractivity contribution >= 4 is 52.2 Å². The zero-order chi connectivity index (χ0) is 26.7. The molecule has 188 valence electrons. The molecule has 11 heteroatoms. The lowest BCUT2D eigenvalue weighted by Crippen LogP contribution is -2.27. The minimum atomic E-state index is -0.621. The van der Waals surface area contributed by atoms with Crippen LogP contribution < -0.4 is 9.47 Å². The number of halogens is 1. The summed E-state index contributed by atoms with van der Waals surface area (Å²) in [6, 6.07) is 15.7. The van der Waals surface area contributed by atoms with Crippen molar-refractivity contribution in [3.63, 3.8) is 0 Å². The first-order chi connectivity index (χ1) is 17.7. The van der Waals surface area contributed by atoms with Crippen molar-refractivity contribution in [1.82, 2.24) is 4.90 Å². The Morgan fingerprint density at radius 2 is 1.84 bits per heavy atom. The number of nitro benzene ring substituents is 1. The van der Waals surface area contributed by atoms with Gasteiger partial charge in [0.1, 0.15) is 0 Å². The third kappa shape index (κ3) is 5.65. The second kappa shape index (κ2) is 10.9. The van der Waals surface area contributed by atoms with Crippen LogP contribution >= 0.6 is 23.4 Å². The maximum absolute atomic E-state index is 13.0. The molecule has 1 saturated heterocycles. The molecule has 0 bridgehead atoms. The lowest BCUT2D eigenvalue weighted by Gasteiger charge is -2.13. The van der Waals surface area contributed by atoms with Crippen molar-refractivity contribution in [3.8, 4) is 11.5 Å². The van der Waals surface area contributed by atoms with Gasteiger partial charge in [0.2, 0.25) is 0 Å². The van der Waals surface area contributed by atoms with E-state index in [1.54, 1.807) is 30.3 Å². The zero-order valence-corrected chi connectivity index (χ0v) is 21.2. The average Bonchev–Trinajstić information content (AvgIpc) is 3.13. The number of amides is 2. The Kier molecular flexibility index (Phi) is 7.61. The van der Waals surface area contributed by atoms with E-state index in [0.29, 0.717) is 22.9 Å². The first-order valence-corrected chi connectivity index (χ1v) is 12.0. The number of esters is 1. The predicted molar refractivity (Wildman–Crippen MR) is 139 cm³/mol. The van der Waals surface area contributed by atoms with Gasteiger partial charge in [-0.1, -0.05) is 47.5 Å². The number of thioether (sulfide) groups is 1. The predicted octanol–water partition coefficient (Wildman–Crippen LogP) is 6.02. The molecule has 1 fully saturated rings. The van der Waals surface area contributed by atoms with Crippen LogP contribution in [0.3, 0.4) is 0 Å². The quantitative estimate of drug-likeness (QED) is 0.118. The Balaban J connectivity index is 1.57. The maximum atomic E-state index is 13.0. The van der Waals surface area contributed by atoms with Crippen molar-refractivity contribution in [3.05, 3.63) is 103 Å². The van der Waals surface area contributed by atoms with Gasteiger partial charge >= 0.3 is 5.97 Å². The van der Waals surface area contributed by atoms with E-state index < -0.39 is 22.0 Å². The molecular weight excluding hydrogens is 520 g/mol. The normalized spacial score (nSPS) is 14.2. The summed E-state index contributed by atoms with van der Waals surface area (Å²) in [4.78, 5) is 49.8. The summed E-state index contributed by atoms with van der Waals surface area (Å²) in [6.07, 6.45) is 1.45. The topological polar surface area (TPSA) is 116 Å². The molecule has 3 aromatic rings. The summed E-state index contributed by atoms with van der Waals surface area (Å²) in [7, 11) is 1.37. The van der Waals surface area contributed by atoms with Gasteiger partial charge in [0.05, 0.1) is 34.1 Å². The number of hydrogen-bond donors (Lipinski definition) is 0. The Morgan fingerprint density at radius 1 is 1.14 bits per heavy atom. The van der Waals surface area contributed by atoms with E-state index in [9.17, 15) is 24.5 Å². The highest BCUT2D eigenvalue weighted by atomic mass is 35.5. The fraction of sp³-hybridized carbons (Fsp3) is 0.115. The zero-order valence-electron chi connectivity index (χ0n) is 19.6. The summed E-state index contributed by atoms with van der Waals surface area (Å²) >= 11 is 7.09. The molecule has 1 aliphatic heterocycles. The number of nitrogens with zero attached hydrogens (tertiary/aromatic N) is 2. The summed E-state index contributed by atoms with van der Waals surface area (Å²) < 4.78 is 10.8. The molecule has 1 heterocycles. The molecule has 0 aromatic heterocycles. The van der Waals surface area contributed by atoms with Crippen LogP contribution in [0.25, 0.3) is 6.08 Å². The highest BCUT2D eigenvalue weighted by Crippen LogP contribution is 2.40. The van der Waals surface area contributed by atoms with Crippen LogP contribution in [0.15, 0.2) is 65.6 Å². The number of nitro groups is 1. The first kappa shape index (κ1) is 25.9. The Bertz CT molecular complexity index is 1450. The van der Waals surface area contributed by atoms with Gasteiger partial charge < -0.3 is 9.47 Å². The lowest BCUT2D eigenvalue weighted by atomic mass is 10.1. The lowest BCUT2D eigenvalue weighted by molar-refractivity contribution is -0.385. The molecule has 0 N–H and O–H groups in total. The van der Waals surface area contributed by atoms with Crippen LogP contribution in [-0.4, -0.2) is 34.0 Å². The summed E-state index contributed by atoms with van der Waals surface area (Å²) in [5.74, 6) is -1.06. The highest BCUT2D eigenvalue weighted by molar-refractivity contribution is 8.18. The smallest absolute Gasteiger partial charge is 0.343 e. The number of para-hydroxylation sites is 1. The van der Waals surface area contributed by atoms with E-state index >= 15 is 0 Å². The monoisotopic (exact) mass is 538 g/mol. The minimum absolute atomic E-state index is 0.0105. The van der Waals surface area contributed by atoms with Crippen LogP contribution in [-0.2, 0) is 11.3 Å². The van der Waals surface area contributed by atoms with E-state index in [2.05, 4.69) is 0 Å². The number of hydrogen-bond acceptors (Lipinski definition) is 8. The average molecular weight is 539 g/mol. The maximum Gasteiger partial charge on any atom is 0.343 e. The summed E-state index contributed by atoms with van der Waals surface area (Å²) in [6.45, 7) is 1.66. The number of rotatable bonds is 7. The van der Waals surface area contributed by atoms with Gasteiger partial charge in [-0.15, -0.1) is 0 Å². The number of carbonyl (C=O) groups is 3. The molecule has 0 spiro atoms. The standard InChI is InChI=1S/C26H19ClN2O7S/c1-15-7-9-17(10-8-15)25(31)36-23-19(27)11-16(12-21(23)35-2)13-22-24(30)28(26(32)37-22)14-18-5-3-4-6-20(18)29(33)34/h3-13H,14H2,1-2H3/b22-13-. The van der Waals surface area contributed by atoms with E-state index in [1.165, 1.54) is 43.5 Å².